The van der Waals surface area contributed by atoms with E-state index < -0.39 is 6.04 Å². The first-order chi connectivity index (χ1) is 19.5. The van der Waals surface area contributed by atoms with Crippen LogP contribution < -0.4 is 5.32 Å². The van der Waals surface area contributed by atoms with Gasteiger partial charge in [0.25, 0.3) is 5.91 Å². The van der Waals surface area contributed by atoms with Gasteiger partial charge in [0.1, 0.15) is 6.04 Å². The zero-order chi connectivity index (χ0) is 27.5. The summed E-state index contributed by atoms with van der Waals surface area (Å²) in [6.45, 7) is 3.78. The van der Waals surface area contributed by atoms with E-state index in [2.05, 4.69) is 46.6 Å². The van der Waals surface area contributed by atoms with Crippen molar-refractivity contribution < 1.29 is 9.59 Å². The van der Waals surface area contributed by atoms with E-state index in [1.165, 1.54) is 10.5 Å². The number of carbonyl (C=O) groups is 2. The normalized spacial score (nSPS) is 19.3. The first kappa shape index (κ1) is 26.6. The quantitative estimate of drug-likeness (QED) is 0.248. The molecule has 2 fully saturated rings. The maximum absolute atomic E-state index is 13.5. The molecule has 7 heteroatoms. The summed E-state index contributed by atoms with van der Waals surface area (Å²) in [5.74, 6) is 0.450. The highest BCUT2D eigenvalue weighted by Gasteiger charge is 2.39. The Kier molecular flexibility index (Phi) is 7.89. The molecule has 2 aliphatic rings. The Morgan fingerprint density at radius 3 is 2.48 bits per heavy atom. The number of para-hydroxylation sites is 1. The summed E-state index contributed by atoms with van der Waals surface area (Å²) < 4.78 is 2.04. The van der Waals surface area contributed by atoms with Crippen molar-refractivity contribution in [3.63, 3.8) is 0 Å². The third-order valence-electron chi connectivity index (χ3n) is 8.54. The number of hydrogen-bond acceptors (Lipinski definition) is 3. The number of rotatable bonds is 9. The minimum atomic E-state index is -0.583. The summed E-state index contributed by atoms with van der Waals surface area (Å²) in [5.41, 5.74) is 3.54. The van der Waals surface area contributed by atoms with Crippen LogP contribution in [0.4, 0.5) is 4.79 Å². The van der Waals surface area contributed by atoms with Crippen LogP contribution in [-0.4, -0.2) is 58.5 Å². The second-order valence-electron chi connectivity index (χ2n) is 11.0. The van der Waals surface area contributed by atoms with Crippen molar-refractivity contribution in [1.82, 2.24) is 19.7 Å². The molecule has 0 unspecified atom stereocenters. The van der Waals surface area contributed by atoms with Gasteiger partial charge >= 0.3 is 6.03 Å². The van der Waals surface area contributed by atoms with E-state index in [-0.39, 0.29) is 17.9 Å². The van der Waals surface area contributed by atoms with Crippen molar-refractivity contribution in [2.24, 2.45) is 0 Å². The standard InChI is InChI=1S/C33H35ClN4O2/c34-29-11-6-10-27(21-29)28(15-19-36-17-13-25(14-18-36)24-7-2-1-3-8-24)22-38-32(39)30(35-33(38)40)23-37-20-16-26-9-4-5-12-31(26)37/h1-12,16,20-21,25,28,30H,13-15,17-19,22-23H2,(H,35,40)/t28-,30-/m1/s1. The molecule has 0 radical (unpaired) electrons. The number of benzene rings is 3. The molecule has 3 amide bonds. The Bertz CT molecular complexity index is 1480. The monoisotopic (exact) mass is 554 g/mol. The van der Waals surface area contributed by atoms with Crippen molar-refractivity contribution >= 4 is 34.4 Å². The topological polar surface area (TPSA) is 57.6 Å². The lowest BCUT2D eigenvalue weighted by atomic mass is 9.89. The zero-order valence-electron chi connectivity index (χ0n) is 22.6. The molecule has 3 heterocycles. The van der Waals surface area contributed by atoms with Gasteiger partial charge in [-0.25, -0.2) is 4.79 Å². The summed E-state index contributed by atoms with van der Waals surface area (Å²) in [5, 5.41) is 4.71. The third kappa shape index (κ3) is 5.79. The Hall–Kier alpha value is -3.61. The van der Waals surface area contributed by atoms with Gasteiger partial charge in [-0.1, -0.05) is 72.3 Å². The van der Waals surface area contributed by atoms with Crippen LogP contribution in [0.1, 0.15) is 42.2 Å². The van der Waals surface area contributed by atoms with E-state index in [1.54, 1.807) is 0 Å². The van der Waals surface area contributed by atoms with Crippen molar-refractivity contribution in [3.05, 3.63) is 107 Å². The first-order valence-electron chi connectivity index (χ1n) is 14.2. The van der Waals surface area contributed by atoms with Gasteiger partial charge in [0.2, 0.25) is 0 Å². The smallest absolute Gasteiger partial charge is 0.324 e. The Morgan fingerprint density at radius 1 is 0.900 bits per heavy atom. The number of urea groups is 1. The molecule has 206 valence electrons. The Morgan fingerprint density at radius 2 is 1.68 bits per heavy atom. The molecular weight excluding hydrogens is 520 g/mol. The van der Waals surface area contributed by atoms with Gasteiger partial charge < -0.3 is 14.8 Å². The number of nitrogens with zero attached hydrogens (tertiary/aromatic N) is 3. The number of aromatic nitrogens is 1. The lowest BCUT2D eigenvalue weighted by molar-refractivity contribution is -0.127. The van der Waals surface area contributed by atoms with Crippen LogP contribution in [0, 0.1) is 0 Å². The summed E-state index contributed by atoms with van der Waals surface area (Å²) in [4.78, 5) is 30.5. The molecule has 0 bridgehead atoms. The average Bonchev–Trinajstić information content (AvgIpc) is 3.51. The highest BCUT2D eigenvalue weighted by atomic mass is 35.5. The Labute approximate surface area is 240 Å². The highest BCUT2D eigenvalue weighted by Crippen LogP contribution is 2.30. The van der Waals surface area contributed by atoms with E-state index in [0.717, 1.165) is 55.4 Å². The first-order valence-corrected chi connectivity index (χ1v) is 14.6. The van der Waals surface area contributed by atoms with Crippen LogP contribution in [0.2, 0.25) is 5.02 Å². The van der Waals surface area contributed by atoms with E-state index in [1.807, 2.05) is 59.3 Å². The number of carbonyl (C=O) groups excluding carboxylic acids is 2. The fourth-order valence-electron chi connectivity index (χ4n) is 6.27. The predicted molar refractivity (Wildman–Crippen MR) is 160 cm³/mol. The maximum Gasteiger partial charge on any atom is 0.324 e. The minimum Gasteiger partial charge on any atom is -0.345 e. The molecule has 4 aromatic rings. The lowest BCUT2D eigenvalue weighted by Crippen LogP contribution is -2.38. The molecule has 0 saturated carbocycles. The van der Waals surface area contributed by atoms with Crippen LogP contribution in [-0.2, 0) is 11.3 Å². The SMILES string of the molecule is O=C1N[C@H](Cn2ccc3ccccc32)C(=O)N1C[C@@H](CCN1CCC(c2ccccc2)CC1)c1cccc(Cl)c1. The number of fused-ring (bicyclic) bond motifs is 1. The van der Waals surface area contributed by atoms with E-state index in [0.29, 0.717) is 24.0 Å². The van der Waals surface area contributed by atoms with Gasteiger partial charge in [-0.05, 0) is 85.6 Å². The number of nitrogens with one attached hydrogen (secondary N) is 1. The molecule has 6 rings (SSSR count). The van der Waals surface area contributed by atoms with Gasteiger partial charge in [-0.2, -0.15) is 0 Å². The van der Waals surface area contributed by atoms with Gasteiger partial charge in [0.15, 0.2) is 0 Å². The molecule has 1 N–H and O–H groups in total. The number of imide groups is 1. The van der Waals surface area contributed by atoms with Crippen LogP contribution in [0.15, 0.2) is 91.1 Å². The second-order valence-corrected chi connectivity index (χ2v) is 11.5. The lowest BCUT2D eigenvalue weighted by Gasteiger charge is -2.33. The molecule has 0 aliphatic carbocycles. The van der Waals surface area contributed by atoms with Crippen LogP contribution in [0.3, 0.4) is 0 Å². The fourth-order valence-corrected chi connectivity index (χ4v) is 6.47. The highest BCUT2D eigenvalue weighted by molar-refractivity contribution is 6.30. The Balaban J connectivity index is 1.12. The molecule has 2 aliphatic heterocycles. The average molecular weight is 555 g/mol. The fraction of sp³-hybridized carbons (Fsp3) is 0.333. The molecular formula is C33H35ClN4O2. The van der Waals surface area contributed by atoms with Crippen molar-refractivity contribution in [2.45, 2.75) is 43.7 Å². The molecule has 3 aromatic carbocycles. The second kappa shape index (κ2) is 11.9. The molecule has 2 saturated heterocycles. The number of piperidine rings is 1. The largest absolute Gasteiger partial charge is 0.345 e. The summed E-state index contributed by atoms with van der Waals surface area (Å²) in [7, 11) is 0. The molecule has 1 aromatic heterocycles. The predicted octanol–water partition coefficient (Wildman–Crippen LogP) is 6.27. The molecule has 2 atom stereocenters. The summed E-state index contributed by atoms with van der Waals surface area (Å²) in [6, 6.07) is 27.8. The van der Waals surface area contributed by atoms with Crippen molar-refractivity contribution in [3.8, 4) is 0 Å². The van der Waals surface area contributed by atoms with Gasteiger partial charge in [-0.15, -0.1) is 0 Å². The zero-order valence-corrected chi connectivity index (χ0v) is 23.3. The minimum absolute atomic E-state index is 0.00593. The maximum atomic E-state index is 13.5. The van der Waals surface area contributed by atoms with Crippen molar-refractivity contribution in [2.75, 3.05) is 26.2 Å². The van der Waals surface area contributed by atoms with Crippen LogP contribution in [0.5, 0.6) is 0 Å². The van der Waals surface area contributed by atoms with Crippen molar-refractivity contribution in [1.29, 1.82) is 0 Å². The summed E-state index contributed by atoms with van der Waals surface area (Å²) >= 11 is 6.36. The van der Waals surface area contributed by atoms with Crippen LogP contribution in [0.25, 0.3) is 10.9 Å². The van der Waals surface area contributed by atoms with Crippen LogP contribution >= 0.6 is 11.6 Å². The number of halogens is 1. The molecule has 0 spiro atoms. The number of hydrogen-bond donors (Lipinski definition) is 1. The molecule has 40 heavy (non-hydrogen) atoms. The molecule has 6 nitrogen and oxygen atoms in total. The van der Waals surface area contributed by atoms with E-state index in [4.69, 9.17) is 11.6 Å². The summed E-state index contributed by atoms with van der Waals surface area (Å²) in [6.07, 6.45) is 5.12. The number of amides is 3. The van der Waals surface area contributed by atoms with Gasteiger partial charge in [0, 0.05) is 29.2 Å². The van der Waals surface area contributed by atoms with E-state index in [9.17, 15) is 9.59 Å². The van der Waals surface area contributed by atoms with Gasteiger partial charge in [-0.3, -0.25) is 9.69 Å². The number of likely N-dealkylation sites (tertiary alicyclic amines) is 1. The van der Waals surface area contributed by atoms with E-state index >= 15 is 0 Å². The van der Waals surface area contributed by atoms with Gasteiger partial charge in [0.05, 0.1) is 6.54 Å². The third-order valence-corrected chi connectivity index (χ3v) is 8.78.